The van der Waals surface area contributed by atoms with E-state index < -0.39 is 0 Å². The third kappa shape index (κ3) is 4.84. The summed E-state index contributed by atoms with van der Waals surface area (Å²) in [6, 6.07) is 0. The van der Waals surface area contributed by atoms with Gasteiger partial charge in [0, 0.05) is 26.1 Å². The first-order chi connectivity index (χ1) is 8.13. The van der Waals surface area contributed by atoms with Gasteiger partial charge in [0.2, 0.25) is 5.91 Å². The zero-order chi connectivity index (χ0) is 12.7. The maximum Gasteiger partial charge on any atom is 0.307 e. The van der Waals surface area contributed by atoms with Crippen molar-refractivity contribution >= 4 is 17.7 Å². The van der Waals surface area contributed by atoms with Gasteiger partial charge in [0.25, 0.3) is 0 Å². The van der Waals surface area contributed by atoms with Gasteiger partial charge in [0.15, 0.2) is 0 Å². The van der Waals surface area contributed by atoms with Crippen LogP contribution in [0.25, 0.3) is 0 Å². The summed E-state index contributed by atoms with van der Waals surface area (Å²) in [4.78, 5) is 28.6. The summed E-state index contributed by atoms with van der Waals surface area (Å²) in [6.45, 7) is 4.66. The van der Waals surface area contributed by atoms with Crippen LogP contribution in [0.4, 0.5) is 0 Å². The number of esters is 1. The van der Waals surface area contributed by atoms with Crippen LogP contribution in [0.15, 0.2) is 4.99 Å². The van der Waals surface area contributed by atoms with Crippen LogP contribution in [0.3, 0.4) is 0 Å². The summed E-state index contributed by atoms with van der Waals surface area (Å²) in [6.07, 6.45) is 0.639. The van der Waals surface area contributed by atoms with Crippen molar-refractivity contribution in [3.05, 3.63) is 0 Å². The molecule has 96 valence electrons. The Morgan fingerprint density at radius 3 is 2.82 bits per heavy atom. The highest BCUT2D eigenvalue weighted by Gasteiger charge is 2.13. The Hall–Kier alpha value is -1.59. The summed E-state index contributed by atoms with van der Waals surface area (Å²) < 4.78 is 4.47. The molecule has 17 heavy (non-hydrogen) atoms. The molecule has 0 bridgehead atoms. The van der Waals surface area contributed by atoms with Gasteiger partial charge in [-0.25, -0.2) is 0 Å². The van der Waals surface area contributed by atoms with Crippen LogP contribution < -0.4 is 5.32 Å². The fraction of sp³-hybridized carbons (Fsp3) is 0.727. The molecular weight excluding hydrogens is 222 g/mol. The minimum atomic E-state index is -0.312. The first-order valence-electron chi connectivity index (χ1n) is 5.73. The third-order valence-electron chi connectivity index (χ3n) is 2.66. The largest absolute Gasteiger partial charge is 0.469 e. The monoisotopic (exact) mass is 241 g/mol. The molecule has 1 rings (SSSR count). The van der Waals surface area contributed by atoms with E-state index in [1.807, 2.05) is 6.92 Å². The molecule has 0 saturated carbocycles. The maximum absolute atomic E-state index is 11.4. The molecule has 6 nitrogen and oxygen atoms in total. The summed E-state index contributed by atoms with van der Waals surface area (Å²) >= 11 is 0. The molecule has 1 heterocycles. The Morgan fingerprint density at radius 1 is 1.47 bits per heavy atom. The molecule has 0 saturated heterocycles. The number of hydrogen-bond acceptors (Lipinski definition) is 5. The first-order valence-corrected chi connectivity index (χ1v) is 5.73. The van der Waals surface area contributed by atoms with Crippen LogP contribution in [0.5, 0.6) is 0 Å². The maximum atomic E-state index is 11.4. The van der Waals surface area contributed by atoms with Gasteiger partial charge < -0.3 is 15.0 Å². The highest BCUT2D eigenvalue weighted by atomic mass is 16.5. The average Bonchev–Trinajstić information content (AvgIpc) is 2.72. The van der Waals surface area contributed by atoms with E-state index in [-0.39, 0.29) is 18.3 Å². The van der Waals surface area contributed by atoms with Crippen LogP contribution in [0.1, 0.15) is 19.8 Å². The van der Waals surface area contributed by atoms with Gasteiger partial charge in [0.05, 0.1) is 25.9 Å². The Kier molecular flexibility index (Phi) is 5.45. The number of nitrogens with one attached hydrogen (secondary N) is 1. The van der Waals surface area contributed by atoms with Crippen molar-refractivity contribution in [3.63, 3.8) is 0 Å². The van der Waals surface area contributed by atoms with Gasteiger partial charge in [-0.3, -0.25) is 14.6 Å². The molecule has 0 radical (unpaired) electrons. The van der Waals surface area contributed by atoms with Crippen molar-refractivity contribution in [2.75, 3.05) is 33.3 Å². The lowest BCUT2D eigenvalue weighted by Crippen LogP contribution is -2.33. The number of amidine groups is 1. The summed E-state index contributed by atoms with van der Waals surface area (Å²) in [7, 11) is 1.33. The second-order valence-electron chi connectivity index (χ2n) is 3.84. The quantitative estimate of drug-likeness (QED) is 0.653. The SMILES string of the molecule is COC(=O)CCNC(=O)CCN1CCN=C1C. The average molecular weight is 241 g/mol. The lowest BCUT2D eigenvalue weighted by Gasteiger charge is -2.17. The summed E-state index contributed by atoms with van der Waals surface area (Å²) in [5, 5.41) is 2.68. The molecular formula is C11H19N3O3. The number of hydrogen-bond donors (Lipinski definition) is 1. The number of aliphatic imine (C=N–C) groups is 1. The van der Waals surface area contributed by atoms with Gasteiger partial charge in [-0.05, 0) is 6.92 Å². The standard InChI is InChI=1S/C11H19N3O3/c1-9-12-6-8-14(9)7-4-10(15)13-5-3-11(16)17-2/h3-8H2,1-2H3,(H,13,15). The predicted octanol–water partition coefficient (Wildman–Crippen LogP) is -0.210. The molecule has 0 aromatic carbocycles. The lowest BCUT2D eigenvalue weighted by atomic mass is 10.3. The van der Waals surface area contributed by atoms with Crippen LogP contribution in [-0.4, -0.2) is 55.9 Å². The van der Waals surface area contributed by atoms with Crippen molar-refractivity contribution in [1.82, 2.24) is 10.2 Å². The Morgan fingerprint density at radius 2 is 2.24 bits per heavy atom. The highest BCUT2D eigenvalue weighted by molar-refractivity contribution is 5.82. The van der Waals surface area contributed by atoms with E-state index in [1.165, 1.54) is 7.11 Å². The third-order valence-corrected chi connectivity index (χ3v) is 2.66. The molecule has 0 fully saturated rings. The fourth-order valence-electron chi connectivity index (χ4n) is 1.60. The fourth-order valence-corrected chi connectivity index (χ4v) is 1.60. The molecule has 0 aliphatic carbocycles. The lowest BCUT2D eigenvalue weighted by molar-refractivity contribution is -0.140. The Balaban J connectivity index is 2.09. The molecule has 1 aliphatic rings. The van der Waals surface area contributed by atoms with Crippen LogP contribution in [0.2, 0.25) is 0 Å². The van der Waals surface area contributed by atoms with E-state index >= 15 is 0 Å². The van der Waals surface area contributed by atoms with E-state index in [1.54, 1.807) is 0 Å². The van der Waals surface area contributed by atoms with Crippen molar-refractivity contribution in [1.29, 1.82) is 0 Å². The predicted molar refractivity (Wildman–Crippen MR) is 63.8 cm³/mol. The number of methoxy groups -OCH3 is 1. The van der Waals surface area contributed by atoms with Crippen LogP contribution in [-0.2, 0) is 14.3 Å². The van der Waals surface area contributed by atoms with Gasteiger partial charge in [-0.2, -0.15) is 0 Å². The molecule has 1 amide bonds. The van der Waals surface area contributed by atoms with Crippen molar-refractivity contribution in [2.24, 2.45) is 4.99 Å². The van der Waals surface area contributed by atoms with Gasteiger partial charge in [0.1, 0.15) is 0 Å². The van der Waals surface area contributed by atoms with Gasteiger partial charge >= 0.3 is 5.97 Å². The van der Waals surface area contributed by atoms with Gasteiger partial charge in [-0.15, -0.1) is 0 Å². The number of ether oxygens (including phenoxy) is 1. The van der Waals surface area contributed by atoms with E-state index in [9.17, 15) is 9.59 Å². The van der Waals surface area contributed by atoms with Crippen LogP contribution >= 0.6 is 0 Å². The molecule has 0 aromatic heterocycles. The Labute approximate surface area is 101 Å². The summed E-state index contributed by atoms with van der Waals surface area (Å²) in [5.74, 6) is 0.633. The molecule has 1 N–H and O–H groups in total. The zero-order valence-corrected chi connectivity index (χ0v) is 10.4. The summed E-state index contributed by atoms with van der Waals surface area (Å²) in [5.41, 5.74) is 0. The number of nitrogens with zero attached hydrogens (tertiary/aromatic N) is 2. The number of amides is 1. The normalized spacial score (nSPS) is 14.5. The van der Waals surface area contributed by atoms with Crippen molar-refractivity contribution < 1.29 is 14.3 Å². The zero-order valence-electron chi connectivity index (χ0n) is 10.4. The minimum Gasteiger partial charge on any atom is -0.469 e. The molecule has 0 aromatic rings. The van der Waals surface area contributed by atoms with E-state index in [0.29, 0.717) is 19.5 Å². The minimum absolute atomic E-state index is 0.0476. The van der Waals surface area contributed by atoms with Crippen LogP contribution in [0, 0.1) is 0 Å². The number of rotatable bonds is 6. The number of carbonyl (C=O) groups is 2. The Bertz CT molecular complexity index is 315. The molecule has 0 spiro atoms. The molecule has 6 heteroatoms. The van der Waals surface area contributed by atoms with E-state index in [4.69, 9.17) is 0 Å². The first kappa shape index (κ1) is 13.5. The smallest absolute Gasteiger partial charge is 0.307 e. The van der Waals surface area contributed by atoms with Gasteiger partial charge in [-0.1, -0.05) is 0 Å². The second-order valence-corrected chi connectivity index (χ2v) is 3.84. The topological polar surface area (TPSA) is 71.0 Å². The van der Waals surface area contributed by atoms with E-state index in [2.05, 4.69) is 19.9 Å². The van der Waals surface area contributed by atoms with Crippen molar-refractivity contribution in [3.8, 4) is 0 Å². The second kappa shape index (κ2) is 6.88. The molecule has 0 atom stereocenters. The number of carbonyl (C=O) groups excluding carboxylic acids is 2. The highest BCUT2D eigenvalue weighted by Crippen LogP contribution is 2.01. The molecule has 1 aliphatic heterocycles. The van der Waals surface area contributed by atoms with Crippen molar-refractivity contribution in [2.45, 2.75) is 19.8 Å². The van der Waals surface area contributed by atoms with E-state index in [0.717, 1.165) is 18.9 Å². The molecule has 0 unspecified atom stereocenters.